The lowest BCUT2D eigenvalue weighted by molar-refractivity contribution is -0.118. The van der Waals surface area contributed by atoms with E-state index in [4.69, 9.17) is 4.42 Å². The molecule has 1 aliphatic rings. The van der Waals surface area contributed by atoms with Crippen LogP contribution in [0.2, 0.25) is 0 Å². The van der Waals surface area contributed by atoms with Crippen molar-refractivity contribution in [2.24, 2.45) is 0 Å². The average Bonchev–Trinajstić information content (AvgIpc) is 3.53. The lowest BCUT2D eigenvalue weighted by Gasteiger charge is -2.34. The molecule has 11 heteroatoms. The van der Waals surface area contributed by atoms with E-state index >= 15 is 0 Å². The molecule has 1 aromatic carbocycles. The summed E-state index contributed by atoms with van der Waals surface area (Å²) in [6, 6.07) is 11.3. The van der Waals surface area contributed by atoms with Crippen LogP contribution in [0.4, 0.5) is 5.13 Å². The average molecular weight is 490 g/mol. The van der Waals surface area contributed by atoms with Crippen molar-refractivity contribution in [3.8, 4) is 0 Å². The summed E-state index contributed by atoms with van der Waals surface area (Å²) in [5, 5.41) is 12.1. The van der Waals surface area contributed by atoms with Crippen molar-refractivity contribution in [2.45, 2.75) is 15.8 Å². The number of anilines is 1. The number of thioether (sulfide) groups is 2. The van der Waals surface area contributed by atoms with Crippen molar-refractivity contribution in [1.29, 1.82) is 0 Å². The van der Waals surface area contributed by atoms with Gasteiger partial charge in [-0.2, -0.15) is 0 Å². The summed E-state index contributed by atoms with van der Waals surface area (Å²) >= 11 is 4.42. The minimum Gasteiger partial charge on any atom is -0.467 e. The molecule has 0 bridgehead atoms. The maximum absolute atomic E-state index is 12.9. The Morgan fingerprint density at radius 2 is 1.94 bits per heavy atom. The van der Waals surface area contributed by atoms with Gasteiger partial charge >= 0.3 is 0 Å². The van der Waals surface area contributed by atoms with Crippen molar-refractivity contribution in [2.75, 3.05) is 43.1 Å². The van der Waals surface area contributed by atoms with E-state index in [9.17, 15) is 9.59 Å². The van der Waals surface area contributed by atoms with Crippen LogP contribution in [-0.4, -0.2) is 65.1 Å². The number of rotatable bonds is 8. The Hall–Kier alpha value is -2.50. The fourth-order valence-corrected chi connectivity index (χ4v) is 5.57. The third kappa shape index (κ3) is 5.64. The van der Waals surface area contributed by atoms with Crippen molar-refractivity contribution in [3.05, 3.63) is 54.0 Å². The lowest BCUT2D eigenvalue weighted by Crippen LogP contribution is -2.48. The van der Waals surface area contributed by atoms with Crippen LogP contribution in [0.25, 0.3) is 0 Å². The van der Waals surface area contributed by atoms with Crippen LogP contribution < -0.4 is 10.2 Å². The molecular weight excluding hydrogens is 466 g/mol. The number of hydrogen-bond donors (Lipinski definition) is 1. The molecule has 1 aliphatic heterocycles. The lowest BCUT2D eigenvalue weighted by atomic mass is 10.2. The molecule has 1 N–H and O–H groups in total. The van der Waals surface area contributed by atoms with Crippen LogP contribution >= 0.6 is 34.9 Å². The van der Waals surface area contributed by atoms with E-state index in [1.807, 2.05) is 41.5 Å². The SMILES string of the molecule is CSc1ccccc1C(=O)N1CCN(c2nnc(SCC(=O)NCc3ccco3)s2)CC1. The summed E-state index contributed by atoms with van der Waals surface area (Å²) in [6.45, 7) is 3.06. The topological polar surface area (TPSA) is 91.6 Å². The molecule has 168 valence electrons. The van der Waals surface area contributed by atoms with Crippen LogP contribution in [0.5, 0.6) is 0 Å². The minimum absolute atomic E-state index is 0.0728. The molecule has 32 heavy (non-hydrogen) atoms. The molecule has 0 radical (unpaired) electrons. The zero-order valence-corrected chi connectivity index (χ0v) is 20.0. The Balaban J connectivity index is 1.25. The van der Waals surface area contributed by atoms with Gasteiger partial charge in [-0.1, -0.05) is 35.2 Å². The molecule has 0 saturated carbocycles. The van der Waals surface area contributed by atoms with Gasteiger partial charge in [0.25, 0.3) is 5.91 Å². The number of nitrogens with zero attached hydrogens (tertiary/aromatic N) is 4. The first kappa shape index (κ1) is 22.7. The Morgan fingerprint density at radius 3 is 2.69 bits per heavy atom. The normalized spacial score (nSPS) is 13.9. The third-order valence-electron chi connectivity index (χ3n) is 4.94. The van der Waals surface area contributed by atoms with Crippen molar-refractivity contribution < 1.29 is 14.0 Å². The summed E-state index contributed by atoms with van der Waals surface area (Å²) in [5.74, 6) is 0.979. The zero-order chi connectivity index (χ0) is 22.3. The Kier molecular flexibility index (Phi) is 7.72. The highest BCUT2D eigenvalue weighted by atomic mass is 32.2. The first-order chi connectivity index (χ1) is 15.6. The third-order valence-corrected chi connectivity index (χ3v) is 7.85. The van der Waals surface area contributed by atoms with Crippen molar-refractivity contribution in [3.63, 3.8) is 0 Å². The van der Waals surface area contributed by atoms with E-state index < -0.39 is 0 Å². The van der Waals surface area contributed by atoms with E-state index in [1.165, 1.54) is 23.1 Å². The van der Waals surface area contributed by atoms with E-state index in [0.717, 1.165) is 25.7 Å². The Morgan fingerprint density at radius 1 is 1.12 bits per heavy atom. The number of nitrogens with one attached hydrogen (secondary N) is 1. The van der Waals surface area contributed by atoms with Gasteiger partial charge in [-0.3, -0.25) is 9.59 Å². The fourth-order valence-electron chi connectivity index (χ4n) is 3.26. The van der Waals surface area contributed by atoms with Gasteiger partial charge in [0.15, 0.2) is 4.34 Å². The van der Waals surface area contributed by atoms with Gasteiger partial charge in [-0.05, 0) is 30.5 Å². The van der Waals surface area contributed by atoms with Crippen LogP contribution in [0, 0.1) is 0 Å². The van der Waals surface area contributed by atoms with Gasteiger partial charge in [0, 0.05) is 31.1 Å². The first-order valence-corrected chi connectivity index (χ1v) is 13.1. The number of amides is 2. The van der Waals surface area contributed by atoms with Gasteiger partial charge in [-0.25, -0.2) is 0 Å². The predicted octanol–water partition coefficient (Wildman–Crippen LogP) is 3.22. The smallest absolute Gasteiger partial charge is 0.255 e. The van der Waals surface area contributed by atoms with Crippen LogP contribution in [-0.2, 0) is 11.3 Å². The molecule has 0 unspecified atom stereocenters. The van der Waals surface area contributed by atoms with Crippen molar-refractivity contribution >= 4 is 51.8 Å². The molecule has 0 spiro atoms. The first-order valence-electron chi connectivity index (χ1n) is 10.1. The molecular formula is C21H23N5O3S3. The van der Waals surface area contributed by atoms with Crippen LogP contribution in [0.15, 0.2) is 56.3 Å². The summed E-state index contributed by atoms with van der Waals surface area (Å²) in [6.07, 6.45) is 3.57. The number of furan rings is 1. The number of piperazine rings is 1. The molecule has 4 rings (SSSR count). The van der Waals surface area contributed by atoms with E-state index in [0.29, 0.717) is 32.7 Å². The molecule has 3 heterocycles. The molecule has 0 aliphatic carbocycles. The van der Waals surface area contributed by atoms with Gasteiger partial charge in [0.1, 0.15) is 5.76 Å². The monoisotopic (exact) mass is 489 g/mol. The number of hydrogen-bond acceptors (Lipinski definition) is 9. The standard InChI is InChI=1S/C21H23N5O3S3/c1-30-17-7-3-2-6-16(17)19(28)25-8-10-26(11-9-25)20-23-24-21(32-20)31-14-18(27)22-13-15-5-4-12-29-15/h2-7,12H,8-11,13-14H2,1H3,(H,22,27). The Bertz CT molecular complexity index is 1050. The second-order valence-electron chi connectivity index (χ2n) is 6.97. The van der Waals surface area contributed by atoms with Crippen LogP contribution in [0.1, 0.15) is 16.1 Å². The molecule has 1 fully saturated rings. The van der Waals surface area contributed by atoms with Gasteiger partial charge in [-0.15, -0.1) is 22.0 Å². The Labute approximate surface area is 198 Å². The molecule has 2 aromatic heterocycles. The van der Waals surface area contributed by atoms with Gasteiger partial charge in [0.2, 0.25) is 11.0 Å². The highest BCUT2D eigenvalue weighted by Crippen LogP contribution is 2.29. The van der Waals surface area contributed by atoms with E-state index in [1.54, 1.807) is 24.1 Å². The van der Waals surface area contributed by atoms with Gasteiger partial charge < -0.3 is 19.5 Å². The molecule has 3 aromatic rings. The maximum atomic E-state index is 12.9. The number of carbonyl (C=O) groups excluding carboxylic acids is 2. The summed E-state index contributed by atoms with van der Waals surface area (Å²) < 4.78 is 5.95. The fraction of sp³-hybridized carbons (Fsp3) is 0.333. The van der Waals surface area contributed by atoms with Gasteiger partial charge in [0.05, 0.1) is 24.1 Å². The number of benzene rings is 1. The van der Waals surface area contributed by atoms with E-state index in [2.05, 4.69) is 20.4 Å². The summed E-state index contributed by atoms with van der Waals surface area (Å²) in [4.78, 5) is 30.0. The zero-order valence-electron chi connectivity index (χ0n) is 17.5. The molecule has 1 saturated heterocycles. The highest BCUT2D eigenvalue weighted by Gasteiger charge is 2.25. The predicted molar refractivity (Wildman–Crippen MR) is 128 cm³/mol. The van der Waals surface area contributed by atoms with Crippen molar-refractivity contribution in [1.82, 2.24) is 20.4 Å². The summed E-state index contributed by atoms with van der Waals surface area (Å²) in [5.41, 5.74) is 0.758. The minimum atomic E-state index is -0.0826. The molecule has 8 nitrogen and oxygen atoms in total. The largest absolute Gasteiger partial charge is 0.467 e. The highest BCUT2D eigenvalue weighted by molar-refractivity contribution is 8.01. The maximum Gasteiger partial charge on any atom is 0.255 e. The quantitative estimate of drug-likeness (QED) is 0.482. The van der Waals surface area contributed by atoms with Crippen LogP contribution in [0.3, 0.4) is 0 Å². The second kappa shape index (κ2) is 10.9. The summed E-state index contributed by atoms with van der Waals surface area (Å²) in [7, 11) is 0. The molecule has 2 amide bonds. The number of aromatic nitrogens is 2. The van der Waals surface area contributed by atoms with E-state index in [-0.39, 0.29) is 17.6 Å². The molecule has 0 atom stereocenters. The number of carbonyl (C=O) groups is 2. The second-order valence-corrected chi connectivity index (χ2v) is 10.0.